The van der Waals surface area contributed by atoms with E-state index in [4.69, 9.17) is 23.2 Å². The second kappa shape index (κ2) is 7.25. The number of carbonyl (C=O) groups is 1. The Kier molecular flexibility index (Phi) is 5.06. The summed E-state index contributed by atoms with van der Waals surface area (Å²) in [5.74, 6) is -0.222. The molecule has 3 aromatic rings. The zero-order valence-electron chi connectivity index (χ0n) is 13.4. The summed E-state index contributed by atoms with van der Waals surface area (Å²) in [4.78, 5) is 24.2. The standard InChI is InChI=1S/C18H15Cl2N3O2/c1-11(12-6-7-14(19)15(20)8-12)22-18(25)10-23-16-5-3-2-4-13(16)17(24)9-21-23/h2-9,11H,10H2,1H3,(H,22,25)/t11-/m0/s1. The topological polar surface area (TPSA) is 64.0 Å². The van der Waals surface area contributed by atoms with Gasteiger partial charge < -0.3 is 5.32 Å². The van der Waals surface area contributed by atoms with Crippen molar-refractivity contribution in [3.05, 3.63) is 74.5 Å². The van der Waals surface area contributed by atoms with Crippen molar-refractivity contribution in [1.82, 2.24) is 15.1 Å². The fourth-order valence-electron chi connectivity index (χ4n) is 2.58. The minimum atomic E-state index is -0.243. The van der Waals surface area contributed by atoms with Crippen molar-refractivity contribution < 1.29 is 4.79 Å². The number of amides is 1. The van der Waals surface area contributed by atoms with Gasteiger partial charge in [-0.3, -0.25) is 14.3 Å². The summed E-state index contributed by atoms with van der Waals surface area (Å²) in [6, 6.07) is 12.0. The number of nitrogens with one attached hydrogen (secondary N) is 1. The van der Waals surface area contributed by atoms with E-state index in [-0.39, 0.29) is 23.9 Å². The number of halogens is 2. The molecule has 5 nitrogen and oxygen atoms in total. The van der Waals surface area contributed by atoms with Gasteiger partial charge in [-0.15, -0.1) is 0 Å². The monoisotopic (exact) mass is 375 g/mol. The molecule has 25 heavy (non-hydrogen) atoms. The molecule has 3 rings (SSSR count). The quantitative estimate of drug-likeness (QED) is 0.757. The molecule has 0 radical (unpaired) electrons. The fourth-order valence-corrected chi connectivity index (χ4v) is 2.88. The van der Waals surface area contributed by atoms with Gasteiger partial charge in [0.05, 0.1) is 27.8 Å². The lowest BCUT2D eigenvalue weighted by atomic mass is 10.1. The van der Waals surface area contributed by atoms with Crippen LogP contribution in [-0.4, -0.2) is 15.7 Å². The molecule has 0 saturated carbocycles. The number of carbonyl (C=O) groups excluding carboxylic acids is 1. The maximum absolute atomic E-state index is 12.4. The summed E-state index contributed by atoms with van der Waals surface area (Å²) < 4.78 is 1.51. The van der Waals surface area contributed by atoms with Gasteiger partial charge in [0.15, 0.2) is 0 Å². The van der Waals surface area contributed by atoms with Gasteiger partial charge >= 0.3 is 0 Å². The first-order valence-corrected chi connectivity index (χ1v) is 8.40. The Morgan fingerprint density at radius 2 is 1.96 bits per heavy atom. The van der Waals surface area contributed by atoms with E-state index in [9.17, 15) is 9.59 Å². The van der Waals surface area contributed by atoms with Gasteiger partial charge in [0.1, 0.15) is 6.54 Å². The van der Waals surface area contributed by atoms with Gasteiger partial charge in [0, 0.05) is 5.39 Å². The van der Waals surface area contributed by atoms with E-state index in [1.807, 2.05) is 13.0 Å². The zero-order valence-corrected chi connectivity index (χ0v) is 14.9. The Hall–Kier alpha value is -2.37. The Balaban J connectivity index is 1.78. The average molecular weight is 376 g/mol. The molecule has 0 fully saturated rings. The minimum absolute atomic E-state index is 0.00640. The van der Waals surface area contributed by atoms with Crippen LogP contribution in [0.4, 0.5) is 0 Å². The molecule has 2 aromatic carbocycles. The molecule has 7 heteroatoms. The highest BCUT2D eigenvalue weighted by Gasteiger charge is 2.13. The Morgan fingerprint density at radius 3 is 2.72 bits per heavy atom. The van der Waals surface area contributed by atoms with Gasteiger partial charge in [-0.2, -0.15) is 5.10 Å². The summed E-state index contributed by atoms with van der Waals surface area (Å²) in [5, 5.41) is 8.38. The highest BCUT2D eigenvalue weighted by molar-refractivity contribution is 6.42. The van der Waals surface area contributed by atoms with Crippen molar-refractivity contribution in [3.63, 3.8) is 0 Å². The van der Waals surface area contributed by atoms with E-state index < -0.39 is 0 Å². The molecule has 0 spiro atoms. The van der Waals surface area contributed by atoms with Crippen molar-refractivity contribution in [3.8, 4) is 0 Å². The van der Waals surface area contributed by atoms with Gasteiger partial charge in [-0.25, -0.2) is 0 Å². The first-order valence-electron chi connectivity index (χ1n) is 7.65. The van der Waals surface area contributed by atoms with E-state index in [1.54, 1.807) is 36.4 Å². The number of hydrogen-bond acceptors (Lipinski definition) is 3. The van der Waals surface area contributed by atoms with Crippen LogP contribution in [0.1, 0.15) is 18.5 Å². The molecule has 0 unspecified atom stereocenters. The molecule has 0 aliphatic heterocycles. The van der Waals surface area contributed by atoms with Gasteiger partial charge in [0.2, 0.25) is 11.3 Å². The summed E-state index contributed by atoms with van der Waals surface area (Å²) in [6.07, 6.45) is 1.22. The van der Waals surface area contributed by atoms with Crippen LogP contribution < -0.4 is 10.7 Å². The lowest BCUT2D eigenvalue weighted by Gasteiger charge is -2.16. The van der Waals surface area contributed by atoms with Gasteiger partial charge in [0.25, 0.3) is 0 Å². The Morgan fingerprint density at radius 1 is 1.20 bits per heavy atom. The van der Waals surface area contributed by atoms with Crippen molar-refractivity contribution in [2.45, 2.75) is 19.5 Å². The van der Waals surface area contributed by atoms with Crippen LogP contribution in [0.25, 0.3) is 10.9 Å². The molecule has 1 atom stereocenters. The molecule has 0 saturated heterocycles. The number of aromatic nitrogens is 2. The van der Waals surface area contributed by atoms with Gasteiger partial charge in [-0.05, 0) is 36.8 Å². The minimum Gasteiger partial charge on any atom is -0.348 e. The maximum atomic E-state index is 12.4. The molecule has 0 aliphatic rings. The third-order valence-corrected chi connectivity index (χ3v) is 4.62. The molecule has 1 N–H and O–H groups in total. The predicted octanol–water partition coefficient (Wildman–Crippen LogP) is 3.58. The average Bonchev–Trinajstić information content (AvgIpc) is 2.60. The van der Waals surface area contributed by atoms with E-state index in [1.165, 1.54) is 10.9 Å². The molecule has 1 aromatic heterocycles. The third kappa shape index (κ3) is 3.83. The van der Waals surface area contributed by atoms with Crippen LogP contribution in [-0.2, 0) is 11.3 Å². The van der Waals surface area contributed by atoms with E-state index >= 15 is 0 Å². The SMILES string of the molecule is C[C@H](NC(=O)Cn1ncc(=O)c2ccccc21)c1ccc(Cl)c(Cl)c1. The number of nitrogens with zero attached hydrogens (tertiary/aromatic N) is 2. The molecule has 128 valence electrons. The molecule has 0 bridgehead atoms. The van der Waals surface area contributed by atoms with E-state index in [0.29, 0.717) is 20.9 Å². The summed E-state index contributed by atoms with van der Waals surface area (Å²) in [5.41, 5.74) is 1.30. The van der Waals surface area contributed by atoms with Crippen LogP contribution in [0.15, 0.2) is 53.5 Å². The van der Waals surface area contributed by atoms with Crippen LogP contribution >= 0.6 is 23.2 Å². The summed E-state index contributed by atoms with van der Waals surface area (Å²) in [7, 11) is 0. The lowest BCUT2D eigenvalue weighted by Crippen LogP contribution is -2.31. The summed E-state index contributed by atoms with van der Waals surface area (Å²) >= 11 is 11.9. The smallest absolute Gasteiger partial charge is 0.242 e. The van der Waals surface area contributed by atoms with E-state index in [0.717, 1.165) is 5.56 Å². The summed E-state index contributed by atoms with van der Waals surface area (Å²) in [6.45, 7) is 1.86. The van der Waals surface area contributed by atoms with Crippen LogP contribution in [0.3, 0.4) is 0 Å². The fraction of sp³-hybridized carbons (Fsp3) is 0.167. The molecule has 1 heterocycles. The zero-order chi connectivity index (χ0) is 18.0. The number of benzene rings is 2. The maximum Gasteiger partial charge on any atom is 0.242 e. The second-order valence-electron chi connectivity index (χ2n) is 5.65. The van der Waals surface area contributed by atoms with Crippen LogP contribution in [0.5, 0.6) is 0 Å². The highest BCUT2D eigenvalue weighted by atomic mass is 35.5. The van der Waals surface area contributed by atoms with Crippen molar-refractivity contribution in [1.29, 1.82) is 0 Å². The van der Waals surface area contributed by atoms with Crippen LogP contribution in [0.2, 0.25) is 10.0 Å². The molecular formula is C18H15Cl2N3O2. The first kappa shape index (κ1) is 17.5. The lowest BCUT2D eigenvalue weighted by molar-refractivity contribution is -0.122. The number of hydrogen-bond donors (Lipinski definition) is 1. The Labute approximate surface area is 154 Å². The normalized spacial score (nSPS) is 12.1. The van der Waals surface area contributed by atoms with Crippen molar-refractivity contribution >= 4 is 40.0 Å². The molecular weight excluding hydrogens is 361 g/mol. The van der Waals surface area contributed by atoms with E-state index in [2.05, 4.69) is 10.4 Å². The molecule has 0 aliphatic carbocycles. The Bertz CT molecular complexity index is 1000. The van der Waals surface area contributed by atoms with Crippen molar-refractivity contribution in [2.24, 2.45) is 0 Å². The number of para-hydroxylation sites is 1. The predicted molar refractivity (Wildman–Crippen MR) is 99.0 cm³/mol. The first-order chi connectivity index (χ1) is 12.0. The number of rotatable bonds is 4. The highest BCUT2D eigenvalue weighted by Crippen LogP contribution is 2.25. The van der Waals surface area contributed by atoms with Crippen LogP contribution in [0, 0.1) is 0 Å². The third-order valence-electron chi connectivity index (χ3n) is 3.88. The second-order valence-corrected chi connectivity index (χ2v) is 6.46. The van der Waals surface area contributed by atoms with Gasteiger partial charge in [-0.1, -0.05) is 41.4 Å². The van der Waals surface area contributed by atoms with Crippen molar-refractivity contribution in [2.75, 3.05) is 0 Å². The number of fused-ring (bicyclic) bond motifs is 1. The largest absolute Gasteiger partial charge is 0.348 e. The molecule has 1 amide bonds.